The monoisotopic (exact) mass is 240 g/mol. The second-order valence-corrected chi connectivity index (χ2v) is 4.21. The molecule has 0 spiro atoms. The largest absolute Gasteiger partial charge is 0.476 e. The van der Waals surface area contributed by atoms with Crippen LogP contribution >= 0.6 is 0 Å². The van der Waals surface area contributed by atoms with Crippen LogP contribution in [0.4, 0.5) is 0 Å². The van der Waals surface area contributed by atoms with Gasteiger partial charge in [-0.15, -0.1) is 0 Å². The first-order valence-corrected chi connectivity index (χ1v) is 5.70. The number of benzene rings is 2. The molecule has 0 atom stereocenters. The van der Waals surface area contributed by atoms with Gasteiger partial charge >= 0.3 is 10.4 Å². The van der Waals surface area contributed by atoms with Crippen LogP contribution in [0.15, 0.2) is 42.5 Å². The Hall–Kier alpha value is -1.63. The van der Waals surface area contributed by atoms with Crippen molar-refractivity contribution < 1.29 is 22.2 Å². The predicted octanol–water partition coefficient (Wildman–Crippen LogP) is 1.95. The topological polar surface area (TPSA) is 72.8 Å². The Labute approximate surface area is 92.1 Å². The average molecular weight is 240 g/mol. The molecule has 0 unspecified atom stereocenters. The Bertz CT molecular complexity index is 605. The predicted molar refractivity (Wildman–Crippen MR) is 57.2 cm³/mol. The molecule has 0 saturated heterocycles. The Morgan fingerprint density at radius 2 is 1.69 bits per heavy atom. The molecule has 0 bridgehead atoms. The minimum absolute atomic E-state index is 0.0766. The van der Waals surface area contributed by atoms with Crippen LogP contribution in [-0.4, -0.2) is 13.7 Å². The molecule has 2 aromatic rings. The minimum atomic E-state index is -4.39. The molecule has 6 heteroatoms. The van der Waals surface area contributed by atoms with E-state index in [1.54, 1.807) is 6.07 Å². The molecule has 0 fully saturated rings. The van der Waals surface area contributed by atoms with Gasteiger partial charge in [-0.3, -0.25) is 0 Å². The van der Waals surface area contributed by atoms with E-state index in [2.05, 4.69) is 8.52 Å². The Balaban J connectivity index is 2.40. The third-order valence-electron chi connectivity index (χ3n) is 2.01. The third kappa shape index (κ3) is 2.30. The first-order chi connectivity index (χ1) is 7.61. The zero-order valence-corrected chi connectivity index (χ0v) is 8.85. The van der Waals surface area contributed by atoms with Crippen LogP contribution in [0.1, 0.15) is 0 Å². The molecule has 2 aromatic carbocycles. The molecule has 0 heterocycles. The maximum atomic E-state index is 10.8. The maximum absolute atomic E-state index is 10.8. The van der Waals surface area contributed by atoms with Crippen molar-refractivity contribution in [1.82, 2.24) is 0 Å². The molecule has 0 aliphatic carbocycles. The molecular weight excluding hydrogens is 232 g/mol. The van der Waals surface area contributed by atoms with Gasteiger partial charge < -0.3 is 4.18 Å². The number of fused-ring (bicyclic) bond motifs is 1. The van der Waals surface area contributed by atoms with Crippen molar-refractivity contribution >= 4 is 21.2 Å². The van der Waals surface area contributed by atoms with Crippen LogP contribution in [0.5, 0.6) is 5.75 Å². The highest BCUT2D eigenvalue weighted by molar-refractivity contribution is 7.82. The minimum Gasteiger partial charge on any atom is -0.360 e. The molecule has 0 saturated carbocycles. The molecule has 0 aromatic heterocycles. The molecule has 1 N–H and O–H groups in total. The summed E-state index contributed by atoms with van der Waals surface area (Å²) in [5.74, 6) is 0.0766. The van der Waals surface area contributed by atoms with Gasteiger partial charge in [-0.2, -0.15) is 8.42 Å². The summed E-state index contributed by atoms with van der Waals surface area (Å²) in [4.78, 5) is 0. The molecule has 2 rings (SSSR count). The molecule has 0 aliphatic rings. The Morgan fingerprint density at radius 1 is 1.00 bits per heavy atom. The molecule has 0 amide bonds. The van der Waals surface area contributed by atoms with Crippen molar-refractivity contribution in [1.29, 1.82) is 0 Å². The fourth-order valence-corrected chi connectivity index (χ4v) is 1.72. The van der Waals surface area contributed by atoms with E-state index in [0.717, 1.165) is 10.8 Å². The summed E-state index contributed by atoms with van der Waals surface area (Å²) >= 11 is 0. The van der Waals surface area contributed by atoms with Gasteiger partial charge in [0.05, 0.1) is 0 Å². The van der Waals surface area contributed by atoms with E-state index in [4.69, 9.17) is 5.26 Å². The summed E-state index contributed by atoms with van der Waals surface area (Å²) in [7, 11) is -4.39. The van der Waals surface area contributed by atoms with E-state index in [1.807, 2.05) is 24.3 Å². The number of hydrogen-bond acceptors (Lipinski definition) is 5. The van der Waals surface area contributed by atoms with Gasteiger partial charge in [0.2, 0.25) is 0 Å². The van der Waals surface area contributed by atoms with Crippen LogP contribution in [0.2, 0.25) is 0 Å². The summed E-state index contributed by atoms with van der Waals surface area (Å²) in [6.07, 6.45) is 0. The fraction of sp³-hybridized carbons (Fsp3) is 0. The zero-order chi connectivity index (χ0) is 11.6. The highest BCUT2D eigenvalue weighted by Gasteiger charge is 2.12. The van der Waals surface area contributed by atoms with Crippen molar-refractivity contribution in [3.05, 3.63) is 42.5 Å². The van der Waals surface area contributed by atoms with Gasteiger partial charge in [-0.25, -0.2) is 5.26 Å². The van der Waals surface area contributed by atoms with Crippen molar-refractivity contribution in [3.8, 4) is 5.75 Å². The van der Waals surface area contributed by atoms with Crippen molar-refractivity contribution in [2.45, 2.75) is 0 Å². The van der Waals surface area contributed by atoms with Crippen LogP contribution in [0.3, 0.4) is 0 Å². The first kappa shape index (κ1) is 10.9. The van der Waals surface area contributed by atoms with Gasteiger partial charge in [0.15, 0.2) is 0 Å². The van der Waals surface area contributed by atoms with Gasteiger partial charge in [0.1, 0.15) is 5.75 Å². The summed E-state index contributed by atoms with van der Waals surface area (Å²) < 4.78 is 29.3. The van der Waals surface area contributed by atoms with Gasteiger partial charge in [-0.1, -0.05) is 34.7 Å². The standard InChI is InChI=1S/C10H8O5S/c11-15-16(12,13)14-10-6-5-8-3-1-2-4-9(8)7-10/h1-7,11H. The Kier molecular flexibility index (Phi) is 2.78. The normalized spacial score (nSPS) is 11.6. The van der Waals surface area contributed by atoms with Crippen LogP contribution in [0, 0.1) is 0 Å². The fourth-order valence-electron chi connectivity index (χ4n) is 1.35. The highest BCUT2D eigenvalue weighted by atomic mass is 32.3. The maximum Gasteiger partial charge on any atom is 0.476 e. The second kappa shape index (κ2) is 4.09. The summed E-state index contributed by atoms with van der Waals surface area (Å²) in [6.45, 7) is 0. The van der Waals surface area contributed by atoms with Crippen LogP contribution < -0.4 is 4.18 Å². The van der Waals surface area contributed by atoms with E-state index in [9.17, 15) is 8.42 Å². The quantitative estimate of drug-likeness (QED) is 0.655. The lowest BCUT2D eigenvalue weighted by Crippen LogP contribution is -2.10. The van der Waals surface area contributed by atoms with E-state index in [0.29, 0.717) is 0 Å². The van der Waals surface area contributed by atoms with Crippen LogP contribution in [-0.2, 0) is 14.7 Å². The van der Waals surface area contributed by atoms with E-state index < -0.39 is 10.4 Å². The van der Waals surface area contributed by atoms with Gasteiger partial charge in [0, 0.05) is 0 Å². The smallest absolute Gasteiger partial charge is 0.360 e. The lowest BCUT2D eigenvalue weighted by Gasteiger charge is -2.04. The molecule has 16 heavy (non-hydrogen) atoms. The molecule has 0 radical (unpaired) electrons. The molecule has 0 aliphatic heterocycles. The third-order valence-corrected chi connectivity index (χ3v) is 2.59. The van der Waals surface area contributed by atoms with Crippen molar-refractivity contribution in [2.24, 2.45) is 0 Å². The van der Waals surface area contributed by atoms with Crippen LogP contribution in [0.25, 0.3) is 10.8 Å². The molecule has 84 valence electrons. The van der Waals surface area contributed by atoms with E-state index in [1.165, 1.54) is 12.1 Å². The summed E-state index contributed by atoms with van der Waals surface area (Å²) in [5.41, 5.74) is 0. The number of rotatable bonds is 3. The number of hydrogen-bond donors (Lipinski definition) is 1. The molecular formula is C10H8O5S. The lowest BCUT2D eigenvalue weighted by atomic mass is 10.1. The lowest BCUT2D eigenvalue weighted by molar-refractivity contribution is -0.138. The summed E-state index contributed by atoms with van der Waals surface area (Å²) in [5, 5.41) is 9.84. The highest BCUT2D eigenvalue weighted by Crippen LogP contribution is 2.21. The van der Waals surface area contributed by atoms with E-state index >= 15 is 0 Å². The van der Waals surface area contributed by atoms with Crippen molar-refractivity contribution in [3.63, 3.8) is 0 Å². The van der Waals surface area contributed by atoms with Gasteiger partial charge in [-0.05, 0) is 22.9 Å². The van der Waals surface area contributed by atoms with Gasteiger partial charge in [0.25, 0.3) is 0 Å². The van der Waals surface area contributed by atoms with E-state index in [-0.39, 0.29) is 5.75 Å². The second-order valence-electron chi connectivity index (χ2n) is 3.08. The first-order valence-electron chi connectivity index (χ1n) is 4.37. The summed E-state index contributed by atoms with van der Waals surface area (Å²) in [6, 6.07) is 12.1. The van der Waals surface area contributed by atoms with Crippen molar-refractivity contribution in [2.75, 3.05) is 0 Å². The zero-order valence-electron chi connectivity index (χ0n) is 8.03. The average Bonchev–Trinajstić information content (AvgIpc) is 2.28. The Morgan fingerprint density at radius 3 is 2.38 bits per heavy atom. The molecule has 5 nitrogen and oxygen atoms in total. The SMILES string of the molecule is O=S(=O)(OO)Oc1ccc2ccccc2c1.